The molecule has 0 unspecified atom stereocenters. The molecule has 0 saturated heterocycles. The Hall–Kier alpha value is -2.02. The highest BCUT2D eigenvalue weighted by Crippen LogP contribution is 2.30. The van der Waals surface area contributed by atoms with E-state index in [1.807, 2.05) is 0 Å². The molecular formula is C13H5ClF5NO. The van der Waals surface area contributed by atoms with Crippen LogP contribution < -0.4 is 0 Å². The largest absolute Gasteiger partial charge is 0.433 e. The van der Waals surface area contributed by atoms with Crippen molar-refractivity contribution in [1.29, 1.82) is 0 Å². The molecule has 0 aliphatic rings. The standard InChI is InChI=1S/C13H5ClF5NO/c14-12-7(4-5-9(20-12)13(17,18)19)11(21)6-2-1-3-8(15)10(6)16/h1-5H. The summed E-state index contributed by atoms with van der Waals surface area (Å²) in [4.78, 5) is 15.0. The van der Waals surface area contributed by atoms with Crippen LogP contribution in [0.3, 0.4) is 0 Å². The molecule has 21 heavy (non-hydrogen) atoms. The van der Waals surface area contributed by atoms with Crippen LogP contribution in [0, 0.1) is 11.6 Å². The molecule has 0 fully saturated rings. The maximum absolute atomic E-state index is 13.5. The summed E-state index contributed by atoms with van der Waals surface area (Å²) in [5.41, 5.74) is -2.38. The average molecular weight is 322 g/mol. The van der Waals surface area contributed by atoms with Crippen LogP contribution in [0.15, 0.2) is 30.3 Å². The third-order valence-corrected chi connectivity index (χ3v) is 2.87. The Bertz CT molecular complexity index is 714. The molecule has 0 amide bonds. The Kier molecular flexibility index (Phi) is 3.95. The first-order valence-electron chi connectivity index (χ1n) is 5.44. The van der Waals surface area contributed by atoms with E-state index in [1.165, 1.54) is 0 Å². The molecule has 2 nitrogen and oxygen atoms in total. The maximum Gasteiger partial charge on any atom is 0.433 e. The Morgan fingerprint density at radius 2 is 1.71 bits per heavy atom. The molecule has 2 aromatic rings. The Morgan fingerprint density at radius 3 is 2.29 bits per heavy atom. The molecule has 110 valence electrons. The summed E-state index contributed by atoms with van der Waals surface area (Å²) in [5.74, 6) is -3.71. The molecule has 0 spiro atoms. The van der Waals surface area contributed by atoms with Crippen LogP contribution in [-0.2, 0) is 6.18 Å². The van der Waals surface area contributed by atoms with Gasteiger partial charge in [-0.1, -0.05) is 17.7 Å². The van der Waals surface area contributed by atoms with Crippen LogP contribution >= 0.6 is 11.6 Å². The molecule has 0 atom stereocenters. The fourth-order valence-electron chi connectivity index (χ4n) is 1.59. The van der Waals surface area contributed by atoms with Crippen molar-refractivity contribution in [3.63, 3.8) is 0 Å². The number of alkyl halides is 3. The molecule has 0 N–H and O–H groups in total. The lowest BCUT2D eigenvalue weighted by Gasteiger charge is -2.09. The quantitative estimate of drug-likeness (QED) is 0.470. The molecular weight excluding hydrogens is 317 g/mol. The van der Waals surface area contributed by atoms with Gasteiger partial charge in [0.1, 0.15) is 10.8 Å². The minimum Gasteiger partial charge on any atom is -0.288 e. The normalized spacial score (nSPS) is 11.5. The van der Waals surface area contributed by atoms with Gasteiger partial charge in [0.15, 0.2) is 17.4 Å². The van der Waals surface area contributed by atoms with E-state index in [1.54, 1.807) is 0 Å². The molecule has 1 aromatic carbocycles. The molecule has 1 aromatic heterocycles. The number of pyridine rings is 1. The number of carbonyl (C=O) groups is 1. The van der Waals surface area contributed by atoms with E-state index in [2.05, 4.69) is 4.98 Å². The van der Waals surface area contributed by atoms with Gasteiger partial charge in [-0.2, -0.15) is 13.2 Å². The van der Waals surface area contributed by atoms with E-state index < -0.39 is 45.6 Å². The van der Waals surface area contributed by atoms with Gasteiger partial charge in [-0.25, -0.2) is 13.8 Å². The van der Waals surface area contributed by atoms with Crippen LogP contribution in [0.25, 0.3) is 0 Å². The average Bonchev–Trinajstić information content (AvgIpc) is 2.40. The number of aromatic nitrogens is 1. The lowest BCUT2D eigenvalue weighted by Crippen LogP contribution is -2.12. The van der Waals surface area contributed by atoms with Crippen molar-refractivity contribution >= 4 is 17.4 Å². The molecule has 1 heterocycles. The summed E-state index contributed by atoms with van der Waals surface area (Å²) in [6, 6.07) is 4.20. The lowest BCUT2D eigenvalue weighted by molar-refractivity contribution is -0.141. The van der Waals surface area contributed by atoms with E-state index in [0.717, 1.165) is 24.3 Å². The van der Waals surface area contributed by atoms with Crippen molar-refractivity contribution in [2.45, 2.75) is 6.18 Å². The summed E-state index contributed by atoms with van der Waals surface area (Å²) in [5, 5.41) is -0.738. The zero-order valence-electron chi connectivity index (χ0n) is 10.0. The van der Waals surface area contributed by atoms with Crippen molar-refractivity contribution in [2.75, 3.05) is 0 Å². The number of rotatable bonds is 2. The lowest BCUT2D eigenvalue weighted by atomic mass is 10.0. The van der Waals surface area contributed by atoms with Crippen LogP contribution in [0.5, 0.6) is 0 Å². The van der Waals surface area contributed by atoms with Gasteiger partial charge in [-0.05, 0) is 24.3 Å². The van der Waals surface area contributed by atoms with Gasteiger partial charge in [-0.3, -0.25) is 4.79 Å². The first-order chi connectivity index (χ1) is 9.71. The fraction of sp³-hybridized carbons (Fsp3) is 0.0769. The van der Waals surface area contributed by atoms with Crippen LogP contribution in [-0.4, -0.2) is 10.8 Å². The van der Waals surface area contributed by atoms with Crippen molar-refractivity contribution in [1.82, 2.24) is 4.98 Å². The first-order valence-corrected chi connectivity index (χ1v) is 5.82. The molecule has 0 aliphatic heterocycles. The van der Waals surface area contributed by atoms with Gasteiger partial charge in [-0.15, -0.1) is 0 Å². The summed E-state index contributed by atoms with van der Waals surface area (Å²) in [7, 11) is 0. The van der Waals surface area contributed by atoms with Gasteiger partial charge in [0.05, 0.1) is 11.1 Å². The molecule has 8 heteroatoms. The zero-order valence-corrected chi connectivity index (χ0v) is 10.8. The van der Waals surface area contributed by atoms with Crippen LogP contribution in [0.4, 0.5) is 22.0 Å². The van der Waals surface area contributed by atoms with E-state index >= 15 is 0 Å². The van der Waals surface area contributed by atoms with E-state index in [0.29, 0.717) is 6.07 Å². The van der Waals surface area contributed by atoms with Gasteiger partial charge in [0.25, 0.3) is 0 Å². The van der Waals surface area contributed by atoms with Gasteiger partial charge >= 0.3 is 6.18 Å². The molecule has 0 bridgehead atoms. The monoisotopic (exact) mass is 321 g/mol. The van der Waals surface area contributed by atoms with Crippen molar-refractivity contribution < 1.29 is 26.7 Å². The Balaban J connectivity index is 2.48. The highest BCUT2D eigenvalue weighted by Gasteiger charge is 2.33. The van der Waals surface area contributed by atoms with E-state index in [-0.39, 0.29) is 0 Å². The second-order valence-electron chi connectivity index (χ2n) is 3.96. The predicted molar refractivity (Wildman–Crippen MR) is 64.0 cm³/mol. The SMILES string of the molecule is O=C(c1ccc(C(F)(F)F)nc1Cl)c1cccc(F)c1F. The molecule has 2 rings (SSSR count). The van der Waals surface area contributed by atoms with Crippen LogP contribution in [0.2, 0.25) is 5.15 Å². The maximum atomic E-state index is 13.5. The number of hydrogen-bond donors (Lipinski definition) is 0. The van der Waals surface area contributed by atoms with Gasteiger partial charge in [0, 0.05) is 0 Å². The van der Waals surface area contributed by atoms with E-state index in [9.17, 15) is 26.7 Å². The van der Waals surface area contributed by atoms with Crippen molar-refractivity contribution in [3.8, 4) is 0 Å². The third kappa shape index (κ3) is 3.02. The first kappa shape index (κ1) is 15.4. The summed E-state index contributed by atoms with van der Waals surface area (Å²) >= 11 is 5.52. The fourth-order valence-corrected chi connectivity index (χ4v) is 1.83. The summed E-state index contributed by atoms with van der Waals surface area (Å²) in [6.45, 7) is 0. The van der Waals surface area contributed by atoms with Gasteiger partial charge in [0.2, 0.25) is 0 Å². The van der Waals surface area contributed by atoms with Crippen LogP contribution in [0.1, 0.15) is 21.6 Å². The predicted octanol–water partition coefficient (Wildman–Crippen LogP) is 4.26. The Labute approximate surface area is 120 Å². The second-order valence-corrected chi connectivity index (χ2v) is 4.32. The van der Waals surface area contributed by atoms with Crippen molar-refractivity contribution in [3.05, 3.63) is 63.9 Å². The van der Waals surface area contributed by atoms with E-state index in [4.69, 9.17) is 11.6 Å². The highest BCUT2D eigenvalue weighted by molar-refractivity contribution is 6.33. The van der Waals surface area contributed by atoms with Crippen molar-refractivity contribution in [2.24, 2.45) is 0 Å². The second kappa shape index (κ2) is 5.40. The number of ketones is 1. The number of nitrogens with zero attached hydrogens (tertiary/aromatic N) is 1. The Morgan fingerprint density at radius 1 is 1.05 bits per heavy atom. The minimum absolute atomic E-state index is 0.450. The smallest absolute Gasteiger partial charge is 0.288 e. The zero-order chi connectivity index (χ0) is 15.8. The molecule has 0 aliphatic carbocycles. The van der Waals surface area contributed by atoms with Gasteiger partial charge < -0.3 is 0 Å². The highest BCUT2D eigenvalue weighted by atomic mass is 35.5. The number of benzene rings is 1. The summed E-state index contributed by atoms with van der Waals surface area (Å²) in [6.07, 6.45) is -4.73. The number of halogens is 6. The number of carbonyl (C=O) groups excluding carboxylic acids is 1. The minimum atomic E-state index is -4.73. The number of hydrogen-bond acceptors (Lipinski definition) is 2. The third-order valence-electron chi connectivity index (χ3n) is 2.58. The molecule has 0 radical (unpaired) electrons. The molecule has 0 saturated carbocycles. The topological polar surface area (TPSA) is 30.0 Å². The summed E-state index contributed by atoms with van der Waals surface area (Å²) < 4.78 is 63.8.